The second-order valence-electron chi connectivity index (χ2n) is 16.2. The molecule has 0 radical (unpaired) electrons. The standard InChI is InChI=1S/C50H45N3OS/c1-49(2,3)39-26-37(27-40(32-39)50(4,5)6)38-29-43(52-44(30-38)42-19-10-11-20-46(42)54)34-17-14-18-41(28-34)53(47-21-12-13-23-51-47)45-31-36(33-15-8-7-9-16-33)25-35-22-24-55-48(35)45/h7-32,54H,1-6H3. The molecule has 0 aliphatic carbocycles. The van der Waals surface area contributed by atoms with Crippen LogP contribution in [-0.2, 0) is 10.8 Å². The van der Waals surface area contributed by atoms with Gasteiger partial charge in [0.1, 0.15) is 11.6 Å². The zero-order chi connectivity index (χ0) is 38.3. The fourth-order valence-corrected chi connectivity index (χ4v) is 7.93. The quantitative estimate of drug-likeness (QED) is 0.177. The molecule has 0 saturated carbocycles. The molecule has 0 aliphatic rings. The lowest BCUT2D eigenvalue weighted by Crippen LogP contribution is -2.16. The molecule has 3 heterocycles. The molecule has 0 bridgehead atoms. The Kier molecular flexibility index (Phi) is 9.36. The summed E-state index contributed by atoms with van der Waals surface area (Å²) in [7, 11) is 0. The Morgan fingerprint density at radius 3 is 1.91 bits per heavy atom. The van der Waals surface area contributed by atoms with Crippen molar-refractivity contribution in [2.75, 3.05) is 4.90 Å². The summed E-state index contributed by atoms with van der Waals surface area (Å²) in [5.41, 5.74) is 12.2. The Morgan fingerprint density at radius 1 is 0.545 bits per heavy atom. The van der Waals surface area contributed by atoms with Crippen LogP contribution >= 0.6 is 11.3 Å². The van der Waals surface area contributed by atoms with E-state index in [1.54, 1.807) is 17.4 Å². The minimum absolute atomic E-state index is 0.0402. The maximum atomic E-state index is 11.1. The first kappa shape index (κ1) is 36.0. The van der Waals surface area contributed by atoms with Gasteiger partial charge in [0.05, 0.1) is 21.8 Å². The van der Waals surface area contributed by atoms with Gasteiger partial charge in [-0.1, -0.05) is 120 Å². The van der Waals surface area contributed by atoms with E-state index in [-0.39, 0.29) is 16.6 Å². The highest BCUT2D eigenvalue weighted by molar-refractivity contribution is 7.17. The van der Waals surface area contributed by atoms with Crippen molar-refractivity contribution in [2.24, 2.45) is 0 Å². The highest BCUT2D eigenvalue weighted by Gasteiger charge is 2.23. The summed E-state index contributed by atoms with van der Waals surface area (Å²) < 4.78 is 1.19. The van der Waals surface area contributed by atoms with Crippen LogP contribution in [0.1, 0.15) is 52.7 Å². The first-order valence-corrected chi connectivity index (χ1v) is 19.7. The number of anilines is 3. The number of phenols is 1. The molecule has 5 aromatic carbocycles. The van der Waals surface area contributed by atoms with E-state index in [0.29, 0.717) is 11.3 Å². The zero-order valence-corrected chi connectivity index (χ0v) is 33.0. The van der Waals surface area contributed by atoms with Crippen molar-refractivity contribution in [3.05, 3.63) is 168 Å². The highest BCUT2D eigenvalue weighted by atomic mass is 32.1. The van der Waals surface area contributed by atoms with E-state index in [1.807, 2.05) is 36.5 Å². The molecule has 0 atom stereocenters. The van der Waals surface area contributed by atoms with E-state index in [2.05, 4.69) is 161 Å². The molecule has 8 aromatic rings. The van der Waals surface area contributed by atoms with Crippen LogP contribution in [0.15, 0.2) is 157 Å². The van der Waals surface area contributed by atoms with E-state index < -0.39 is 0 Å². The molecule has 3 aromatic heterocycles. The number of aromatic hydroxyl groups is 1. The Bertz CT molecular complexity index is 2600. The number of hydrogen-bond donors (Lipinski definition) is 1. The van der Waals surface area contributed by atoms with Gasteiger partial charge in [0.2, 0.25) is 0 Å². The second kappa shape index (κ2) is 14.3. The molecule has 1 N–H and O–H groups in total. The molecule has 0 spiro atoms. The smallest absolute Gasteiger partial charge is 0.137 e. The monoisotopic (exact) mass is 735 g/mol. The van der Waals surface area contributed by atoms with E-state index in [1.165, 1.54) is 21.2 Å². The van der Waals surface area contributed by atoms with Gasteiger partial charge in [-0.2, -0.15) is 0 Å². The number of hydrogen-bond acceptors (Lipinski definition) is 5. The summed E-state index contributed by atoms with van der Waals surface area (Å²) in [5, 5.41) is 14.4. The molecule has 0 saturated heterocycles. The number of rotatable bonds is 7. The fourth-order valence-electron chi connectivity index (χ4n) is 7.05. The van der Waals surface area contributed by atoms with Gasteiger partial charge < -0.3 is 5.11 Å². The summed E-state index contributed by atoms with van der Waals surface area (Å²) in [6.45, 7) is 13.6. The molecule has 0 fully saturated rings. The third-order valence-electron chi connectivity index (χ3n) is 10.2. The molecule has 0 unspecified atom stereocenters. The number of aromatic nitrogens is 2. The van der Waals surface area contributed by atoms with Gasteiger partial charge in [-0.05, 0) is 122 Å². The lowest BCUT2D eigenvalue weighted by molar-refractivity contribution is 0.477. The van der Waals surface area contributed by atoms with E-state index in [4.69, 9.17) is 9.97 Å². The number of fused-ring (bicyclic) bond motifs is 1. The van der Waals surface area contributed by atoms with Crippen LogP contribution in [0.25, 0.3) is 54.9 Å². The number of pyridine rings is 2. The lowest BCUT2D eigenvalue weighted by Gasteiger charge is -2.27. The third-order valence-corrected chi connectivity index (χ3v) is 11.1. The van der Waals surface area contributed by atoms with Gasteiger partial charge in [0, 0.05) is 23.0 Å². The Balaban J connectivity index is 1.34. The van der Waals surface area contributed by atoms with Crippen LogP contribution in [0.4, 0.5) is 17.2 Å². The molecular formula is C50H45N3OS. The van der Waals surface area contributed by atoms with Crippen LogP contribution in [0.5, 0.6) is 5.75 Å². The third kappa shape index (κ3) is 7.41. The van der Waals surface area contributed by atoms with Crippen molar-refractivity contribution >= 4 is 38.6 Å². The van der Waals surface area contributed by atoms with Gasteiger partial charge in [-0.25, -0.2) is 9.97 Å². The van der Waals surface area contributed by atoms with E-state index in [9.17, 15) is 5.11 Å². The van der Waals surface area contributed by atoms with Crippen LogP contribution in [0, 0.1) is 0 Å². The van der Waals surface area contributed by atoms with Crippen molar-refractivity contribution in [3.63, 3.8) is 0 Å². The molecule has 8 rings (SSSR count). The predicted octanol–water partition coefficient (Wildman–Crippen LogP) is 14.1. The summed E-state index contributed by atoms with van der Waals surface area (Å²) in [6, 6.07) is 50.6. The lowest BCUT2D eigenvalue weighted by atomic mass is 9.79. The fraction of sp³-hybridized carbons (Fsp3) is 0.160. The molecule has 5 heteroatoms. The summed E-state index contributed by atoms with van der Waals surface area (Å²) in [4.78, 5) is 12.4. The minimum atomic E-state index is -0.0402. The van der Waals surface area contributed by atoms with Crippen LogP contribution < -0.4 is 4.90 Å². The van der Waals surface area contributed by atoms with Gasteiger partial charge in [-0.15, -0.1) is 11.3 Å². The normalized spacial score (nSPS) is 11.9. The molecule has 55 heavy (non-hydrogen) atoms. The Morgan fingerprint density at radius 2 is 1.20 bits per heavy atom. The van der Waals surface area contributed by atoms with Gasteiger partial charge in [-0.3, -0.25) is 4.90 Å². The number of phenolic OH excluding ortho intramolecular Hbond substituents is 1. The number of para-hydroxylation sites is 1. The van der Waals surface area contributed by atoms with Crippen LogP contribution in [-0.4, -0.2) is 15.1 Å². The van der Waals surface area contributed by atoms with Gasteiger partial charge in [0.15, 0.2) is 0 Å². The van der Waals surface area contributed by atoms with E-state index in [0.717, 1.165) is 50.7 Å². The van der Waals surface area contributed by atoms with E-state index >= 15 is 0 Å². The molecule has 0 amide bonds. The average molecular weight is 736 g/mol. The van der Waals surface area contributed by atoms with Gasteiger partial charge in [0.25, 0.3) is 0 Å². The van der Waals surface area contributed by atoms with Crippen molar-refractivity contribution in [1.82, 2.24) is 9.97 Å². The maximum absolute atomic E-state index is 11.1. The van der Waals surface area contributed by atoms with Crippen molar-refractivity contribution in [3.8, 4) is 50.5 Å². The highest BCUT2D eigenvalue weighted by Crippen LogP contribution is 2.44. The minimum Gasteiger partial charge on any atom is -0.507 e. The average Bonchev–Trinajstić information content (AvgIpc) is 3.67. The van der Waals surface area contributed by atoms with Crippen LogP contribution in [0.3, 0.4) is 0 Å². The number of nitrogens with zero attached hydrogens (tertiary/aromatic N) is 3. The van der Waals surface area contributed by atoms with Crippen molar-refractivity contribution in [1.29, 1.82) is 0 Å². The molecule has 4 nitrogen and oxygen atoms in total. The summed E-state index contributed by atoms with van der Waals surface area (Å²) in [5.74, 6) is 1.02. The number of thiophene rings is 1. The van der Waals surface area contributed by atoms with Crippen LogP contribution in [0.2, 0.25) is 0 Å². The first-order chi connectivity index (χ1) is 26.4. The number of benzene rings is 5. The van der Waals surface area contributed by atoms with Crippen molar-refractivity contribution < 1.29 is 5.11 Å². The Hall–Kier alpha value is -6.04. The predicted molar refractivity (Wildman–Crippen MR) is 233 cm³/mol. The Labute approximate surface area is 328 Å². The zero-order valence-electron chi connectivity index (χ0n) is 32.2. The SMILES string of the molecule is CC(C)(C)c1cc(-c2cc(-c3cccc(N(c4ccccn4)c4cc(-c5ccccc5)cc5ccsc45)c3)nc(-c3ccccc3O)c2)cc(C(C)(C)C)c1. The maximum Gasteiger partial charge on any atom is 0.137 e. The first-order valence-electron chi connectivity index (χ1n) is 18.8. The molecule has 0 aliphatic heterocycles. The summed E-state index contributed by atoms with van der Waals surface area (Å²) >= 11 is 1.74. The van der Waals surface area contributed by atoms with Gasteiger partial charge >= 0.3 is 0 Å². The summed E-state index contributed by atoms with van der Waals surface area (Å²) in [6.07, 6.45) is 1.85. The van der Waals surface area contributed by atoms with Crippen molar-refractivity contribution in [2.45, 2.75) is 52.4 Å². The topological polar surface area (TPSA) is 49.2 Å². The molecular weight excluding hydrogens is 691 g/mol. The second-order valence-corrected chi connectivity index (χ2v) is 17.1. The largest absolute Gasteiger partial charge is 0.507 e. The molecule has 272 valence electrons.